The zero-order valence-electron chi connectivity index (χ0n) is 17.9. The van der Waals surface area contributed by atoms with Gasteiger partial charge in [-0.2, -0.15) is 0 Å². The predicted octanol–water partition coefficient (Wildman–Crippen LogP) is 4.31. The second-order valence-corrected chi connectivity index (χ2v) is 9.19. The van der Waals surface area contributed by atoms with Gasteiger partial charge in [0.1, 0.15) is 16.1 Å². The van der Waals surface area contributed by atoms with E-state index in [-0.39, 0.29) is 18.6 Å². The summed E-state index contributed by atoms with van der Waals surface area (Å²) in [5.41, 5.74) is 1.07. The number of hydrogen-bond acceptors (Lipinski definition) is 5. The number of anilines is 1. The summed E-state index contributed by atoms with van der Waals surface area (Å²) in [5.74, 6) is -0.401. The molecule has 0 aliphatic rings. The van der Waals surface area contributed by atoms with Gasteiger partial charge in [-0.1, -0.05) is 48.0 Å². The molecule has 0 bridgehead atoms. The summed E-state index contributed by atoms with van der Waals surface area (Å²) in [5, 5.41) is 3.93. The van der Waals surface area contributed by atoms with Gasteiger partial charge in [-0.25, -0.2) is 9.78 Å². The van der Waals surface area contributed by atoms with E-state index in [4.69, 9.17) is 11.6 Å². The fourth-order valence-corrected chi connectivity index (χ4v) is 5.21. The van der Waals surface area contributed by atoms with Crippen LogP contribution in [0.5, 0.6) is 0 Å². The zero-order chi connectivity index (χ0) is 23.7. The summed E-state index contributed by atoms with van der Waals surface area (Å²) in [6.45, 7) is -0.0522. The molecule has 7 nitrogen and oxygen atoms in total. The lowest BCUT2D eigenvalue weighted by Crippen LogP contribution is -2.41. The van der Waals surface area contributed by atoms with Crippen LogP contribution in [0.15, 0.2) is 82.5 Å². The third kappa shape index (κ3) is 4.25. The van der Waals surface area contributed by atoms with Crippen LogP contribution < -0.4 is 16.6 Å². The average Bonchev–Trinajstić information content (AvgIpc) is 3.22. The Hall–Kier alpha value is -3.75. The van der Waals surface area contributed by atoms with Crippen molar-refractivity contribution in [2.24, 2.45) is 0 Å². The Labute approximate surface area is 202 Å². The molecule has 5 aromatic rings. The molecule has 170 valence electrons. The Balaban J connectivity index is 1.60. The van der Waals surface area contributed by atoms with E-state index in [0.29, 0.717) is 37.6 Å². The highest BCUT2D eigenvalue weighted by atomic mass is 35.5. The number of halogens is 1. The molecule has 5 rings (SSSR count). The summed E-state index contributed by atoms with van der Waals surface area (Å²) in [6.07, 6.45) is 2.15. The molecule has 3 aromatic heterocycles. The Kier molecular flexibility index (Phi) is 6.00. The van der Waals surface area contributed by atoms with E-state index in [9.17, 15) is 14.4 Å². The Bertz CT molecular complexity index is 1640. The molecular weight excluding hydrogens is 472 g/mol. The second-order valence-electron chi connectivity index (χ2n) is 7.76. The number of aryl methyl sites for hydroxylation is 1. The lowest BCUT2D eigenvalue weighted by molar-refractivity contribution is -0.116. The van der Waals surface area contributed by atoms with Crippen molar-refractivity contribution >= 4 is 55.0 Å². The predicted molar refractivity (Wildman–Crippen MR) is 136 cm³/mol. The van der Waals surface area contributed by atoms with Crippen LogP contribution in [0.25, 0.3) is 20.4 Å². The van der Waals surface area contributed by atoms with Crippen LogP contribution in [0.1, 0.15) is 5.56 Å². The number of rotatable bonds is 6. The highest BCUT2D eigenvalue weighted by Gasteiger charge is 2.20. The van der Waals surface area contributed by atoms with Crippen LogP contribution >= 0.6 is 22.9 Å². The largest absolute Gasteiger partial charge is 0.332 e. The van der Waals surface area contributed by atoms with Gasteiger partial charge in [-0.05, 0) is 42.3 Å². The van der Waals surface area contributed by atoms with Crippen LogP contribution in [0.2, 0.25) is 5.02 Å². The van der Waals surface area contributed by atoms with Gasteiger partial charge in [0, 0.05) is 28.8 Å². The maximum Gasteiger partial charge on any atom is 0.332 e. The third-order valence-electron chi connectivity index (χ3n) is 5.49. The van der Waals surface area contributed by atoms with E-state index >= 15 is 0 Å². The molecule has 34 heavy (non-hydrogen) atoms. The average molecular weight is 491 g/mol. The number of pyridine rings is 1. The number of aromatic nitrogens is 3. The van der Waals surface area contributed by atoms with Crippen molar-refractivity contribution in [3.63, 3.8) is 0 Å². The molecule has 0 fully saturated rings. The van der Waals surface area contributed by atoms with Crippen LogP contribution in [-0.4, -0.2) is 20.0 Å². The monoisotopic (exact) mass is 490 g/mol. The highest BCUT2D eigenvalue weighted by molar-refractivity contribution is 7.25. The van der Waals surface area contributed by atoms with Crippen molar-refractivity contribution in [3.05, 3.63) is 104 Å². The molecule has 0 spiro atoms. The molecule has 0 unspecified atom stereocenters. The number of carbonyl (C=O) groups is 1. The van der Waals surface area contributed by atoms with Gasteiger partial charge in [-0.3, -0.25) is 18.7 Å². The molecule has 1 N–H and O–H groups in total. The fourth-order valence-electron chi connectivity index (χ4n) is 3.92. The van der Waals surface area contributed by atoms with Crippen LogP contribution in [0, 0.1) is 0 Å². The van der Waals surface area contributed by atoms with Crippen molar-refractivity contribution in [1.29, 1.82) is 0 Å². The van der Waals surface area contributed by atoms with Gasteiger partial charge >= 0.3 is 5.69 Å². The Morgan fingerprint density at radius 1 is 1.00 bits per heavy atom. The Morgan fingerprint density at radius 3 is 2.62 bits per heavy atom. The minimum absolute atomic E-state index is 0.204. The smallest absolute Gasteiger partial charge is 0.324 e. The van der Waals surface area contributed by atoms with Gasteiger partial charge < -0.3 is 5.32 Å². The topological polar surface area (TPSA) is 86.0 Å². The lowest BCUT2D eigenvalue weighted by Gasteiger charge is -2.13. The molecule has 2 aromatic carbocycles. The van der Waals surface area contributed by atoms with Gasteiger partial charge in [0.15, 0.2) is 0 Å². The number of amides is 1. The molecule has 9 heteroatoms. The lowest BCUT2D eigenvalue weighted by atomic mass is 10.1. The van der Waals surface area contributed by atoms with Gasteiger partial charge in [0.25, 0.3) is 5.56 Å². The number of nitrogens with one attached hydrogen (secondary N) is 1. The standard InChI is InChI=1S/C25H19ClN4O3S/c26-17-8-4-9-18(14-17)28-20(31)15-30-21-19-10-5-12-27-23(19)34-22(21)24(32)29(25(30)33)13-11-16-6-2-1-3-7-16/h1-10,12,14H,11,13,15H2,(H,28,31). The third-order valence-corrected chi connectivity index (χ3v) is 6.81. The molecule has 0 saturated heterocycles. The minimum Gasteiger partial charge on any atom is -0.324 e. The van der Waals surface area contributed by atoms with E-state index in [2.05, 4.69) is 10.3 Å². The molecule has 0 atom stereocenters. The maximum absolute atomic E-state index is 13.5. The van der Waals surface area contributed by atoms with E-state index in [1.54, 1.807) is 42.6 Å². The molecule has 0 aliphatic carbocycles. The summed E-state index contributed by atoms with van der Waals surface area (Å²) >= 11 is 7.24. The SMILES string of the molecule is O=C(Cn1c(=O)n(CCc2ccccc2)c(=O)c2sc3ncccc3c21)Nc1cccc(Cl)c1. The summed E-state index contributed by atoms with van der Waals surface area (Å²) in [7, 11) is 0. The first-order chi connectivity index (χ1) is 16.5. The summed E-state index contributed by atoms with van der Waals surface area (Å²) in [4.78, 5) is 44.7. The van der Waals surface area contributed by atoms with E-state index in [0.717, 1.165) is 5.56 Å². The Morgan fingerprint density at radius 2 is 1.82 bits per heavy atom. The molecule has 0 radical (unpaired) electrons. The van der Waals surface area contributed by atoms with E-state index in [1.165, 1.54) is 20.5 Å². The first kappa shape index (κ1) is 22.1. The van der Waals surface area contributed by atoms with Crippen LogP contribution in [0.3, 0.4) is 0 Å². The highest BCUT2D eigenvalue weighted by Crippen LogP contribution is 2.29. The van der Waals surface area contributed by atoms with Gasteiger partial charge in [0.2, 0.25) is 5.91 Å². The van der Waals surface area contributed by atoms with Gasteiger partial charge in [0.05, 0.1) is 5.52 Å². The van der Waals surface area contributed by atoms with Crippen molar-refractivity contribution in [2.45, 2.75) is 19.5 Å². The maximum atomic E-state index is 13.5. The molecule has 0 aliphatic heterocycles. The second kappa shape index (κ2) is 9.24. The fraction of sp³-hybridized carbons (Fsp3) is 0.120. The van der Waals surface area contributed by atoms with Crippen molar-refractivity contribution < 1.29 is 4.79 Å². The minimum atomic E-state index is -0.529. The normalized spacial score (nSPS) is 11.2. The summed E-state index contributed by atoms with van der Waals surface area (Å²) in [6, 6.07) is 20.0. The number of nitrogens with zero attached hydrogens (tertiary/aromatic N) is 3. The molecule has 0 saturated carbocycles. The first-order valence-corrected chi connectivity index (χ1v) is 11.8. The number of hydrogen-bond donors (Lipinski definition) is 1. The van der Waals surface area contributed by atoms with Crippen LogP contribution in [-0.2, 0) is 24.3 Å². The number of carbonyl (C=O) groups excluding carboxylic acids is 1. The van der Waals surface area contributed by atoms with Crippen molar-refractivity contribution in [3.8, 4) is 0 Å². The zero-order valence-corrected chi connectivity index (χ0v) is 19.5. The van der Waals surface area contributed by atoms with Crippen molar-refractivity contribution in [2.75, 3.05) is 5.32 Å². The first-order valence-electron chi connectivity index (χ1n) is 10.6. The van der Waals surface area contributed by atoms with Crippen LogP contribution in [0.4, 0.5) is 5.69 Å². The molecular formula is C25H19ClN4O3S. The van der Waals surface area contributed by atoms with Gasteiger partial charge in [-0.15, -0.1) is 11.3 Å². The summed E-state index contributed by atoms with van der Waals surface area (Å²) < 4.78 is 2.97. The van der Waals surface area contributed by atoms with E-state index < -0.39 is 11.6 Å². The molecule has 1 amide bonds. The number of fused-ring (bicyclic) bond motifs is 3. The number of benzene rings is 2. The van der Waals surface area contributed by atoms with E-state index in [1.807, 2.05) is 30.3 Å². The quantitative estimate of drug-likeness (QED) is 0.384. The molecule has 3 heterocycles. The number of thiophene rings is 1. The van der Waals surface area contributed by atoms with Crippen molar-refractivity contribution in [1.82, 2.24) is 14.1 Å².